The lowest BCUT2D eigenvalue weighted by Gasteiger charge is -2.08. The number of carboxylic acid groups (broad SMARTS) is 1. The summed E-state index contributed by atoms with van der Waals surface area (Å²) in [6.45, 7) is 3.50. The number of unbranched alkanes of at least 4 members (excludes halogenated alkanes) is 15. The molecule has 7 heteroatoms. The summed E-state index contributed by atoms with van der Waals surface area (Å²) in [6, 6.07) is -0.819. The van der Waals surface area contributed by atoms with E-state index < -0.39 is 12.0 Å². The highest BCUT2D eigenvalue weighted by molar-refractivity contribution is 5.76. The summed E-state index contributed by atoms with van der Waals surface area (Å²) in [6.07, 6.45) is 22.6. The maximum absolute atomic E-state index is 11.9. The molecular weight excluding hydrogens is 442 g/mol. The van der Waals surface area contributed by atoms with Gasteiger partial charge in [0.25, 0.3) is 0 Å². The van der Waals surface area contributed by atoms with E-state index in [2.05, 4.69) is 17.6 Å². The molecule has 2 amide bonds. The number of hydrogen-bond donors (Lipinski definition) is 4. The molecule has 0 aromatic carbocycles. The van der Waals surface area contributed by atoms with Crippen LogP contribution in [0.25, 0.3) is 0 Å². The average Bonchev–Trinajstić information content (AvgIpc) is 2.83. The Kier molecular flexibility index (Phi) is 24.3. The van der Waals surface area contributed by atoms with Gasteiger partial charge in [0.05, 0.1) is 0 Å². The van der Waals surface area contributed by atoms with Gasteiger partial charge in [-0.3, -0.25) is 14.4 Å². The first-order chi connectivity index (χ1) is 17.0. The first-order valence-electron chi connectivity index (χ1n) is 14.5. The number of carbonyl (C=O) groups is 3. The Hall–Kier alpha value is -1.63. The van der Waals surface area contributed by atoms with E-state index in [1.54, 1.807) is 0 Å². The number of amides is 2. The molecule has 0 saturated carbocycles. The smallest absolute Gasteiger partial charge is 0.320 e. The van der Waals surface area contributed by atoms with Crippen LogP contribution in [0.2, 0.25) is 0 Å². The predicted molar refractivity (Wildman–Crippen MR) is 144 cm³/mol. The van der Waals surface area contributed by atoms with Gasteiger partial charge in [-0.15, -0.1) is 0 Å². The van der Waals surface area contributed by atoms with Crippen LogP contribution < -0.4 is 16.4 Å². The van der Waals surface area contributed by atoms with Gasteiger partial charge in [-0.05, 0) is 38.5 Å². The van der Waals surface area contributed by atoms with Crippen LogP contribution in [0.1, 0.15) is 142 Å². The SMILES string of the molecule is CCCCCCCCCCCCCCCC(=O)NCCCCCC(=O)NCCCCC(N)C(=O)O. The van der Waals surface area contributed by atoms with E-state index in [0.29, 0.717) is 38.8 Å². The summed E-state index contributed by atoms with van der Waals surface area (Å²) < 4.78 is 0. The fraction of sp³-hybridized carbons (Fsp3) is 0.893. The van der Waals surface area contributed by atoms with Crippen molar-refractivity contribution in [3.63, 3.8) is 0 Å². The van der Waals surface area contributed by atoms with Crippen LogP contribution in [0.3, 0.4) is 0 Å². The molecule has 206 valence electrons. The molecule has 0 aromatic heterocycles. The van der Waals surface area contributed by atoms with Crippen molar-refractivity contribution in [1.29, 1.82) is 0 Å². The monoisotopic (exact) mass is 497 g/mol. The maximum Gasteiger partial charge on any atom is 0.320 e. The van der Waals surface area contributed by atoms with Crippen molar-refractivity contribution in [1.82, 2.24) is 10.6 Å². The van der Waals surface area contributed by atoms with Gasteiger partial charge in [0, 0.05) is 25.9 Å². The van der Waals surface area contributed by atoms with E-state index in [0.717, 1.165) is 38.5 Å². The minimum absolute atomic E-state index is 0.0268. The van der Waals surface area contributed by atoms with Gasteiger partial charge in [0.15, 0.2) is 0 Å². The molecule has 0 heterocycles. The largest absolute Gasteiger partial charge is 0.480 e. The Balaban J connectivity index is 3.32. The van der Waals surface area contributed by atoms with Gasteiger partial charge >= 0.3 is 5.97 Å². The lowest BCUT2D eigenvalue weighted by Crippen LogP contribution is -2.30. The number of hydrogen-bond acceptors (Lipinski definition) is 4. The molecule has 0 fully saturated rings. The van der Waals surface area contributed by atoms with Gasteiger partial charge in [0.1, 0.15) is 6.04 Å². The highest BCUT2D eigenvalue weighted by Crippen LogP contribution is 2.13. The first kappa shape index (κ1) is 33.4. The van der Waals surface area contributed by atoms with Crippen molar-refractivity contribution in [2.24, 2.45) is 5.73 Å². The lowest BCUT2D eigenvalue weighted by molar-refractivity contribution is -0.138. The van der Waals surface area contributed by atoms with Crippen molar-refractivity contribution >= 4 is 17.8 Å². The van der Waals surface area contributed by atoms with E-state index in [9.17, 15) is 14.4 Å². The molecule has 5 N–H and O–H groups in total. The molecule has 0 aromatic rings. The summed E-state index contributed by atoms with van der Waals surface area (Å²) in [5.41, 5.74) is 5.44. The second-order valence-corrected chi connectivity index (χ2v) is 9.94. The van der Waals surface area contributed by atoms with Gasteiger partial charge in [-0.25, -0.2) is 0 Å². The van der Waals surface area contributed by atoms with Crippen LogP contribution in [-0.2, 0) is 14.4 Å². The van der Waals surface area contributed by atoms with E-state index in [1.165, 1.54) is 70.6 Å². The minimum Gasteiger partial charge on any atom is -0.480 e. The minimum atomic E-state index is -0.982. The summed E-state index contributed by atoms with van der Waals surface area (Å²) >= 11 is 0. The molecule has 0 radical (unpaired) electrons. The third-order valence-corrected chi connectivity index (χ3v) is 6.49. The van der Waals surface area contributed by atoms with Crippen LogP contribution in [0.4, 0.5) is 0 Å². The number of aliphatic carboxylic acids is 1. The van der Waals surface area contributed by atoms with E-state index in [-0.39, 0.29) is 11.8 Å². The summed E-state index contributed by atoms with van der Waals surface area (Å²) in [5, 5.41) is 14.6. The van der Waals surface area contributed by atoms with Gasteiger partial charge < -0.3 is 21.5 Å². The second-order valence-electron chi connectivity index (χ2n) is 9.94. The Labute approximate surface area is 214 Å². The molecule has 0 spiro atoms. The van der Waals surface area contributed by atoms with Gasteiger partial charge in [0.2, 0.25) is 11.8 Å². The van der Waals surface area contributed by atoms with Crippen molar-refractivity contribution in [2.75, 3.05) is 13.1 Å². The number of rotatable bonds is 26. The lowest BCUT2D eigenvalue weighted by atomic mass is 10.0. The molecule has 0 saturated heterocycles. The van der Waals surface area contributed by atoms with Crippen molar-refractivity contribution < 1.29 is 19.5 Å². The molecular formula is C28H55N3O4. The Morgan fingerprint density at radius 2 is 0.971 bits per heavy atom. The highest BCUT2D eigenvalue weighted by Gasteiger charge is 2.10. The normalized spacial score (nSPS) is 11.8. The quantitative estimate of drug-likeness (QED) is 0.112. The molecule has 0 aliphatic heterocycles. The molecule has 1 unspecified atom stereocenters. The molecule has 0 aliphatic rings. The van der Waals surface area contributed by atoms with Crippen LogP contribution in [-0.4, -0.2) is 42.0 Å². The third kappa shape index (κ3) is 25.3. The Morgan fingerprint density at radius 3 is 1.40 bits per heavy atom. The summed E-state index contributed by atoms with van der Waals surface area (Å²) in [4.78, 5) is 34.3. The van der Waals surface area contributed by atoms with Crippen LogP contribution in [0, 0.1) is 0 Å². The fourth-order valence-electron chi connectivity index (χ4n) is 4.14. The Bertz CT molecular complexity index is 528. The van der Waals surface area contributed by atoms with Gasteiger partial charge in [-0.1, -0.05) is 90.4 Å². The van der Waals surface area contributed by atoms with E-state index in [4.69, 9.17) is 10.8 Å². The standard InChI is InChI=1S/C28H55N3O4/c1-2-3-4-5-6-7-8-9-10-11-12-13-15-21-26(32)30-23-18-14-16-22-27(33)31-24-19-17-20-25(29)28(34)35/h25H,2-24,29H2,1H3,(H,30,32)(H,31,33)(H,34,35). The van der Waals surface area contributed by atoms with Crippen molar-refractivity contribution in [3.05, 3.63) is 0 Å². The zero-order valence-corrected chi connectivity index (χ0v) is 22.6. The highest BCUT2D eigenvalue weighted by atomic mass is 16.4. The summed E-state index contributed by atoms with van der Waals surface area (Å²) in [7, 11) is 0. The fourth-order valence-corrected chi connectivity index (χ4v) is 4.14. The zero-order chi connectivity index (χ0) is 26.0. The molecule has 7 nitrogen and oxygen atoms in total. The number of nitrogens with two attached hydrogens (primary N) is 1. The van der Waals surface area contributed by atoms with Crippen LogP contribution >= 0.6 is 0 Å². The number of nitrogens with one attached hydrogen (secondary N) is 2. The first-order valence-corrected chi connectivity index (χ1v) is 14.5. The Morgan fingerprint density at radius 1 is 0.600 bits per heavy atom. The van der Waals surface area contributed by atoms with Crippen molar-refractivity contribution in [3.8, 4) is 0 Å². The molecule has 0 aliphatic carbocycles. The van der Waals surface area contributed by atoms with Gasteiger partial charge in [-0.2, -0.15) is 0 Å². The van der Waals surface area contributed by atoms with E-state index >= 15 is 0 Å². The molecule has 0 rings (SSSR count). The predicted octanol–water partition coefficient (Wildman–Crippen LogP) is 5.84. The number of carboxylic acids is 1. The third-order valence-electron chi connectivity index (χ3n) is 6.49. The van der Waals surface area contributed by atoms with Crippen LogP contribution in [0.15, 0.2) is 0 Å². The number of carbonyl (C=O) groups excluding carboxylic acids is 2. The summed E-state index contributed by atoms with van der Waals surface area (Å²) in [5.74, 6) is -0.808. The maximum atomic E-state index is 11.9. The molecule has 35 heavy (non-hydrogen) atoms. The molecule has 1 atom stereocenters. The second kappa shape index (κ2) is 25.5. The van der Waals surface area contributed by atoms with E-state index in [1.807, 2.05) is 0 Å². The van der Waals surface area contributed by atoms with Crippen molar-refractivity contribution in [2.45, 2.75) is 148 Å². The van der Waals surface area contributed by atoms with Crippen LogP contribution in [0.5, 0.6) is 0 Å². The average molecular weight is 498 g/mol. The molecule has 0 bridgehead atoms. The zero-order valence-electron chi connectivity index (χ0n) is 22.6. The topological polar surface area (TPSA) is 122 Å².